The predicted molar refractivity (Wildman–Crippen MR) is 118 cm³/mol. The third-order valence-corrected chi connectivity index (χ3v) is 6.02. The largest absolute Gasteiger partial charge is 0.368 e. The fourth-order valence-electron chi connectivity index (χ4n) is 4.24. The van der Waals surface area contributed by atoms with E-state index in [0.717, 1.165) is 48.7 Å². The van der Waals surface area contributed by atoms with E-state index < -0.39 is 0 Å². The minimum Gasteiger partial charge on any atom is -0.368 e. The van der Waals surface area contributed by atoms with E-state index in [1.807, 2.05) is 18.2 Å². The van der Waals surface area contributed by atoms with Gasteiger partial charge in [-0.05, 0) is 38.0 Å². The summed E-state index contributed by atoms with van der Waals surface area (Å²) in [5.74, 6) is 1.83. The molecule has 0 bridgehead atoms. The first-order valence-corrected chi connectivity index (χ1v) is 10.9. The molecule has 0 atom stereocenters. The molecule has 1 aliphatic carbocycles. The topological polar surface area (TPSA) is 44.3 Å². The Balaban J connectivity index is 1.41. The normalized spacial score (nSPS) is 18.8. The fourth-order valence-corrected chi connectivity index (χ4v) is 4.42. The van der Waals surface area contributed by atoms with E-state index >= 15 is 0 Å². The Kier molecular flexibility index (Phi) is 6.20. The number of piperazine rings is 1. The summed E-state index contributed by atoms with van der Waals surface area (Å²) in [4.78, 5) is 14.2. The summed E-state index contributed by atoms with van der Waals surface area (Å²) < 4.78 is 0. The molecule has 2 aliphatic rings. The van der Waals surface area contributed by atoms with E-state index in [2.05, 4.69) is 34.2 Å². The van der Waals surface area contributed by atoms with Gasteiger partial charge in [-0.25, -0.2) is 4.98 Å². The molecule has 1 aromatic carbocycles. The number of halogens is 1. The van der Waals surface area contributed by atoms with Crippen LogP contribution in [0.15, 0.2) is 30.3 Å². The van der Waals surface area contributed by atoms with Crippen LogP contribution in [0.2, 0.25) is 5.02 Å². The second-order valence-corrected chi connectivity index (χ2v) is 8.42. The van der Waals surface area contributed by atoms with Gasteiger partial charge >= 0.3 is 0 Å². The van der Waals surface area contributed by atoms with Crippen molar-refractivity contribution in [2.45, 2.75) is 51.5 Å². The van der Waals surface area contributed by atoms with E-state index in [1.54, 1.807) is 0 Å². The number of hydrogen-bond donors (Lipinski definition) is 1. The summed E-state index contributed by atoms with van der Waals surface area (Å²) in [6.45, 7) is 5.79. The highest BCUT2D eigenvalue weighted by atomic mass is 35.5. The number of anilines is 3. The Morgan fingerprint density at radius 2 is 1.64 bits per heavy atom. The molecular formula is C22H30ClN5. The third-order valence-electron chi connectivity index (χ3n) is 5.79. The van der Waals surface area contributed by atoms with Crippen LogP contribution in [0.3, 0.4) is 0 Å². The van der Waals surface area contributed by atoms with Crippen LogP contribution in [-0.4, -0.2) is 42.2 Å². The molecule has 2 aromatic rings. The lowest BCUT2D eigenvalue weighted by atomic mass is 10.1. The zero-order valence-electron chi connectivity index (χ0n) is 16.7. The molecule has 5 nitrogen and oxygen atoms in total. The van der Waals surface area contributed by atoms with Gasteiger partial charge in [0, 0.05) is 54.7 Å². The maximum atomic E-state index is 6.15. The predicted octanol–water partition coefficient (Wildman–Crippen LogP) is 4.90. The molecule has 1 aliphatic heterocycles. The van der Waals surface area contributed by atoms with Gasteiger partial charge in [0.05, 0.1) is 0 Å². The second-order valence-electron chi connectivity index (χ2n) is 7.98. The Morgan fingerprint density at radius 3 is 2.36 bits per heavy atom. The molecule has 2 heterocycles. The second kappa shape index (κ2) is 8.99. The minimum atomic E-state index is 0.546. The van der Waals surface area contributed by atoms with Gasteiger partial charge in [-0.1, -0.05) is 43.4 Å². The van der Waals surface area contributed by atoms with E-state index in [1.165, 1.54) is 44.2 Å². The molecule has 1 aromatic heterocycles. The molecule has 0 amide bonds. The van der Waals surface area contributed by atoms with Crippen LogP contribution in [0.4, 0.5) is 17.5 Å². The van der Waals surface area contributed by atoms with Crippen molar-refractivity contribution in [3.05, 3.63) is 41.0 Å². The highest BCUT2D eigenvalue weighted by Crippen LogP contribution is 2.24. The molecule has 0 radical (unpaired) electrons. The monoisotopic (exact) mass is 399 g/mol. The number of nitrogens with one attached hydrogen (secondary N) is 1. The highest BCUT2D eigenvalue weighted by molar-refractivity contribution is 6.30. The highest BCUT2D eigenvalue weighted by Gasteiger charge is 2.21. The molecule has 0 spiro atoms. The van der Waals surface area contributed by atoms with Crippen molar-refractivity contribution in [2.75, 3.05) is 41.3 Å². The first-order valence-electron chi connectivity index (χ1n) is 10.5. The fraction of sp³-hybridized carbons (Fsp3) is 0.545. The van der Waals surface area contributed by atoms with E-state index in [0.29, 0.717) is 6.04 Å². The molecular weight excluding hydrogens is 370 g/mol. The molecule has 1 saturated carbocycles. The van der Waals surface area contributed by atoms with Gasteiger partial charge in [0.1, 0.15) is 5.82 Å². The Bertz CT molecular complexity index is 780. The zero-order chi connectivity index (χ0) is 19.3. The Morgan fingerprint density at radius 1 is 0.929 bits per heavy atom. The van der Waals surface area contributed by atoms with Crippen LogP contribution in [0, 0.1) is 6.92 Å². The lowest BCUT2D eigenvalue weighted by molar-refractivity contribution is 0.614. The van der Waals surface area contributed by atoms with Crippen LogP contribution in [0.25, 0.3) is 0 Å². The van der Waals surface area contributed by atoms with Crippen LogP contribution in [0.1, 0.15) is 44.2 Å². The van der Waals surface area contributed by atoms with Crippen LogP contribution in [-0.2, 0) is 0 Å². The molecule has 0 unspecified atom stereocenters. The maximum Gasteiger partial charge on any atom is 0.227 e. The number of hydrogen-bond acceptors (Lipinski definition) is 5. The third kappa shape index (κ3) is 4.88. The van der Waals surface area contributed by atoms with Crippen molar-refractivity contribution in [3.63, 3.8) is 0 Å². The molecule has 2 fully saturated rings. The van der Waals surface area contributed by atoms with E-state index in [-0.39, 0.29) is 0 Å². The smallest absolute Gasteiger partial charge is 0.227 e. The summed E-state index contributed by atoms with van der Waals surface area (Å²) in [6, 6.07) is 10.7. The van der Waals surface area contributed by atoms with Crippen molar-refractivity contribution in [1.29, 1.82) is 0 Å². The average molecular weight is 400 g/mol. The van der Waals surface area contributed by atoms with Crippen molar-refractivity contribution >= 4 is 29.1 Å². The summed E-state index contributed by atoms with van der Waals surface area (Å²) >= 11 is 6.15. The number of nitrogens with zero attached hydrogens (tertiary/aromatic N) is 4. The standard InChI is InChI=1S/C22H30ClN5/c1-17-15-21(25-19-8-4-2-3-5-9-19)26-22(24-17)28-13-11-27(12-14-28)20-10-6-7-18(23)16-20/h6-7,10,15-16,19H,2-5,8-9,11-14H2,1H3,(H,24,25,26). The zero-order valence-corrected chi connectivity index (χ0v) is 17.5. The number of rotatable bonds is 4. The molecule has 1 saturated heterocycles. The molecule has 4 rings (SSSR count). The summed E-state index contributed by atoms with van der Waals surface area (Å²) in [5.41, 5.74) is 2.21. The minimum absolute atomic E-state index is 0.546. The van der Waals surface area contributed by atoms with E-state index in [4.69, 9.17) is 21.6 Å². The Labute approximate surface area is 173 Å². The van der Waals surface area contributed by atoms with Crippen LogP contribution in [0.5, 0.6) is 0 Å². The quantitative estimate of drug-likeness (QED) is 0.741. The van der Waals surface area contributed by atoms with Gasteiger partial charge in [0.25, 0.3) is 0 Å². The molecule has 150 valence electrons. The molecule has 1 N–H and O–H groups in total. The van der Waals surface area contributed by atoms with Gasteiger partial charge in [0.2, 0.25) is 5.95 Å². The lowest BCUT2D eigenvalue weighted by Gasteiger charge is -2.36. The SMILES string of the molecule is Cc1cc(NC2CCCCCC2)nc(N2CCN(c3cccc(Cl)c3)CC2)n1. The summed E-state index contributed by atoms with van der Waals surface area (Å²) in [6.07, 6.45) is 7.86. The van der Waals surface area contributed by atoms with Gasteiger partial charge in [-0.3, -0.25) is 0 Å². The van der Waals surface area contributed by atoms with E-state index in [9.17, 15) is 0 Å². The van der Waals surface area contributed by atoms with Crippen molar-refractivity contribution in [1.82, 2.24) is 9.97 Å². The van der Waals surface area contributed by atoms with Crippen molar-refractivity contribution in [3.8, 4) is 0 Å². The van der Waals surface area contributed by atoms with Crippen LogP contribution < -0.4 is 15.1 Å². The number of aromatic nitrogens is 2. The first kappa shape index (κ1) is 19.3. The first-order chi connectivity index (χ1) is 13.7. The van der Waals surface area contributed by atoms with Gasteiger partial charge < -0.3 is 15.1 Å². The molecule has 28 heavy (non-hydrogen) atoms. The van der Waals surface area contributed by atoms with Crippen LogP contribution >= 0.6 is 11.6 Å². The van der Waals surface area contributed by atoms with Gasteiger partial charge in [-0.15, -0.1) is 0 Å². The molecule has 6 heteroatoms. The maximum absolute atomic E-state index is 6.15. The van der Waals surface area contributed by atoms with Crippen molar-refractivity contribution < 1.29 is 0 Å². The van der Waals surface area contributed by atoms with Crippen molar-refractivity contribution in [2.24, 2.45) is 0 Å². The van der Waals surface area contributed by atoms with Gasteiger partial charge in [0.15, 0.2) is 0 Å². The lowest BCUT2D eigenvalue weighted by Crippen LogP contribution is -2.47. The summed E-state index contributed by atoms with van der Waals surface area (Å²) in [7, 11) is 0. The van der Waals surface area contributed by atoms with Gasteiger partial charge in [-0.2, -0.15) is 4.98 Å². The number of aryl methyl sites for hydroxylation is 1. The Hall–Kier alpha value is -2.01. The number of benzene rings is 1. The average Bonchev–Trinajstić information content (AvgIpc) is 2.96. The summed E-state index contributed by atoms with van der Waals surface area (Å²) in [5, 5.41) is 4.47.